The molecular weight excluding hydrogens is 348 g/mol. The van der Waals surface area contributed by atoms with Gasteiger partial charge in [-0.2, -0.15) is 5.10 Å². The van der Waals surface area contributed by atoms with Gasteiger partial charge in [0, 0.05) is 64.1 Å². The van der Waals surface area contributed by atoms with Gasteiger partial charge in [0.15, 0.2) is 0 Å². The smallest absolute Gasteiger partial charge is 0.265 e. The lowest BCUT2D eigenvalue weighted by molar-refractivity contribution is 0.0749. The van der Waals surface area contributed by atoms with E-state index >= 15 is 0 Å². The topological polar surface area (TPSA) is 57.5 Å². The molecule has 4 rings (SSSR count). The monoisotopic (exact) mass is 374 g/mol. The molecule has 0 spiro atoms. The molecule has 0 saturated carbocycles. The Kier molecular flexibility index (Phi) is 5.06. The maximum Gasteiger partial charge on any atom is 0.265 e. The van der Waals surface area contributed by atoms with Crippen molar-refractivity contribution in [3.63, 3.8) is 0 Å². The number of likely N-dealkylation sites (tertiary alicyclic amines) is 1. The van der Waals surface area contributed by atoms with Gasteiger partial charge in [-0.25, -0.2) is 4.98 Å². The van der Waals surface area contributed by atoms with Gasteiger partial charge in [-0.1, -0.05) is 6.92 Å². The summed E-state index contributed by atoms with van der Waals surface area (Å²) in [7, 11) is 1.88. The summed E-state index contributed by atoms with van der Waals surface area (Å²) in [5.41, 5.74) is 0.963. The van der Waals surface area contributed by atoms with E-state index in [9.17, 15) is 4.79 Å². The second-order valence-electron chi connectivity index (χ2n) is 7.10. The van der Waals surface area contributed by atoms with Crippen LogP contribution in [0.1, 0.15) is 23.0 Å². The van der Waals surface area contributed by atoms with Gasteiger partial charge in [-0.3, -0.25) is 14.4 Å². The van der Waals surface area contributed by atoms with Gasteiger partial charge in [0.05, 0.1) is 12.4 Å². The molecule has 2 aromatic heterocycles. The quantitative estimate of drug-likeness (QED) is 0.810. The fraction of sp³-hybridized carbons (Fsp3) is 0.611. The number of hydrogen-bond acceptors (Lipinski definition) is 6. The summed E-state index contributed by atoms with van der Waals surface area (Å²) in [5, 5.41) is 5.03. The van der Waals surface area contributed by atoms with Crippen LogP contribution in [-0.2, 0) is 7.05 Å². The number of aryl methyl sites for hydroxylation is 1. The Morgan fingerprint density at radius 1 is 1.23 bits per heavy atom. The van der Waals surface area contributed by atoms with Crippen LogP contribution in [0.15, 0.2) is 18.6 Å². The predicted molar refractivity (Wildman–Crippen MR) is 102 cm³/mol. The highest BCUT2D eigenvalue weighted by atomic mass is 32.1. The summed E-state index contributed by atoms with van der Waals surface area (Å²) in [4.78, 5) is 25.1. The average Bonchev–Trinajstić information content (AvgIpc) is 3.41. The molecule has 2 fully saturated rings. The van der Waals surface area contributed by atoms with Crippen molar-refractivity contribution in [3.05, 3.63) is 23.5 Å². The first kappa shape index (κ1) is 17.6. The Balaban J connectivity index is 1.37. The van der Waals surface area contributed by atoms with Crippen molar-refractivity contribution in [2.24, 2.45) is 7.05 Å². The zero-order valence-electron chi connectivity index (χ0n) is 15.5. The minimum absolute atomic E-state index is 0.118. The number of hydrogen-bond donors (Lipinski definition) is 0. The van der Waals surface area contributed by atoms with Gasteiger partial charge in [-0.15, -0.1) is 11.3 Å². The van der Waals surface area contributed by atoms with Gasteiger partial charge >= 0.3 is 0 Å². The first-order chi connectivity index (χ1) is 12.6. The highest BCUT2D eigenvalue weighted by Gasteiger charge is 2.32. The van der Waals surface area contributed by atoms with E-state index in [1.165, 1.54) is 11.3 Å². The summed E-state index contributed by atoms with van der Waals surface area (Å²) in [6.45, 7) is 9.56. The largest absolute Gasteiger partial charge is 0.336 e. The van der Waals surface area contributed by atoms with Crippen LogP contribution >= 0.6 is 11.3 Å². The lowest BCUT2D eigenvalue weighted by Gasteiger charge is -2.37. The third-order valence-electron chi connectivity index (χ3n) is 5.49. The second-order valence-corrected chi connectivity index (χ2v) is 8.13. The molecule has 1 unspecified atom stereocenters. The summed E-state index contributed by atoms with van der Waals surface area (Å²) >= 11 is 1.46. The summed E-state index contributed by atoms with van der Waals surface area (Å²) < 4.78 is 1.75. The first-order valence-electron chi connectivity index (χ1n) is 9.34. The standard InChI is InChI=1S/C18H26N6OS/c1-3-22-6-8-23(9-7-22)15-4-5-24(13-15)18(25)16-11-19-17(26-16)14-10-20-21(2)12-14/h10-12,15H,3-9,13H2,1-2H3. The molecular formula is C18H26N6OS. The van der Waals surface area contributed by atoms with E-state index in [4.69, 9.17) is 0 Å². The molecule has 8 heteroatoms. The molecule has 1 atom stereocenters. The molecule has 4 heterocycles. The third kappa shape index (κ3) is 3.54. The summed E-state index contributed by atoms with van der Waals surface area (Å²) in [5.74, 6) is 0.118. The number of nitrogens with zero attached hydrogens (tertiary/aromatic N) is 6. The number of amides is 1. The second kappa shape index (κ2) is 7.46. The van der Waals surface area contributed by atoms with E-state index in [-0.39, 0.29) is 5.91 Å². The van der Waals surface area contributed by atoms with Crippen LogP contribution in [0.5, 0.6) is 0 Å². The molecule has 140 valence electrons. The lowest BCUT2D eigenvalue weighted by atomic mass is 10.2. The zero-order chi connectivity index (χ0) is 18.1. The average molecular weight is 375 g/mol. The van der Waals surface area contributed by atoms with Gasteiger partial charge < -0.3 is 9.80 Å². The maximum atomic E-state index is 12.9. The molecule has 2 aromatic rings. The minimum atomic E-state index is 0.118. The predicted octanol–water partition coefficient (Wildman–Crippen LogP) is 1.40. The molecule has 2 aliphatic heterocycles. The lowest BCUT2D eigenvalue weighted by Crippen LogP contribution is -2.51. The molecule has 2 saturated heterocycles. The fourth-order valence-corrected chi connectivity index (χ4v) is 4.72. The Morgan fingerprint density at radius 3 is 2.73 bits per heavy atom. The molecule has 0 N–H and O–H groups in total. The highest BCUT2D eigenvalue weighted by Crippen LogP contribution is 2.27. The van der Waals surface area contributed by atoms with E-state index in [0.29, 0.717) is 6.04 Å². The number of aromatic nitrogens is 3. The van der Waals surface area contributed by atoms with Crippen LogP contribution in [0.4, 0.5) is 0 Å². The third-order valence-corrected chi connectivity index (χ3v) is 6.52. The van der Waals surface area contributed by atoms with Crippen molar-refractivity contribution >= 4 is 17.2 Å². The van der Waals surface area contributed by atoms with Crippen LogP contribution in [0.3, 0.4) is 0 Å². The molecule has 26 heavy (non-hydrogen) atoms. The fourth-order valence-electron chi connectivity index (χ4n) is 3.86. The van der Waals surface area contributed by atoms with Crippen molar-refractivity contribution in [1.29, 1.82) is 0 Å². The zero-order valence-corrected chi connectivity index (χ0v) is 16.3. The number of thiazole rings is 1. The van der Waals surface area contributed by atoms with Crippen LogP contribution in [0.25, 0.3) is 10.6 Å². The van der Waals surface area contributed by atoms with E-state index < -0.39 is 0 Å². The Hall–Kier alpha value is -1.77. The van der Waals surface area contributed by atoms with E-state index in [0.717, 1.165) is 67.7 Å². The van der Waals surface area contributed by atoms with Crippen LogP contribution in [0.2, 0.25) is 0 Å². The maximum absolute atomic E-state index is 12.9. The SMILES string of the molecule is CCN1CCN(C2CCN(C(=O)c3cnc(-c4cnn(C)c4)s3)C2)CC1. The van der Waals surface area contributed by atoms with Gasteiger partial charge in [-0.05, 0) is 13.0 Å². The summed E-state index contributed by atoms with van der Waals surface area (Å²) in [6, 6.07) is 0.503. The molecule has 0 aliphatic carbocycles. The van der Waals surface area contributed by atoms with Gasteiger partial charge in [0.2, 0.25) is 0 Å². The Bertz CT molecular complexity index is 763. The van der Waals surface area contributed by atoms with Crippen molar-refractivity contribution in [3.8, 4) is 10.6 Å². The summed E-state index contributed by atoms with van der Waals surface area (Å²) in [6.07, 6.45) is 6.50. The van der Waals surface area contributed by atoms with E-state index in [2.05, 4.69) is 26.8 Å². The molecule has 2 aliphatic rings. The Morgan fingerprint density at radius 2 is 2.04 bits per heavy atom. The number of piperazine rings is 1. The highest BCUT2D eigenvalue weighted by molar-refractivity contribution is 7.16. The molecule has 1 amide bonds. The normalized spacial score (nSPS) is 22.2. The number of carbonyl (C=O) groups is 1. The number of carbonyl (C=O) groups excluding carboxylic acids is 1. The first-order valence-corrected chi connectivity index (χ1v) is 10.2. The van der Waals surface area contributed by atoms with Crippen molar-refractivity contribution < 1.29 is 4.79 Å². The Labute approximate surface area is 158 Å². The van der Waals surface area contributed by atoms with Gasteiger partial charge in [0.1, 0.15) is 9.88 Å². The van der Waals surface area contributed by atoms with Crippen LogP contribution in [0, 0.1) is 0 Å². The molecule has 0 bridgehead atoms. The van der Waals surface area contributed by atoms with Crippen molar-refractivity contribution in [2.75, 3.05) is 45.8 Å². The number of likely N-dealkylation sites (N-methyl/N-ethyl adjacent to an activating group) is 1. The van der Waals surface area contributed by atoms with Crippen LogP contribution in [-0.4, -0.2) is 87.2 Å². The van der Waals surface area contributed by atoms with Crippen LogP contribution < -0.4 is 0 Å². The van der Waals surface area contributed by atoms with Crippen molar-refractivity contribution in [1.82, 2.24) is 29.5 Å². The van der Waals surface area contributed by atoms with Gasteiger partial charge in [0.25, 0.3) is 5.91 Å². The van der Waals surface area contributed by atoms with E-state index in [1.807, 2.05) is 18.1 Å². The van der Waals surface area contributed by atoms with Crippen molar-refractivity contribution in [2.45, 2.75) is 19.4 Å². The molecule has 0 aromatic carbocycles. The number of rotatable bonds is 4. The minimum Gasteiger partial charge on any atom is -0.336 e. The van der Waals surface area contributed by atoms with E-state index in [1.54, 1.807) is 17.1 Å². The molecule has 0 radical (unpaired) electrons. The molecule has 7 nitrogen and oxygen atoms in total.